The molecule has 5 nitrogen and oxygen atoms in total. The second kappa shape index (κ2) is 5.09. The number of hydrazone groups is 1. The van der Waals surface area contributed by atoms with Crippen LogP contribution in [-0.4, -0.2) is 40.5 Å². The van der Waals surface area contributed by atoms with Gasteiger partial charge in [0, 0.05) is 6.54 Å². The van der Waals surface area contributed by atoms with Crippen LogP contribution in [0, 0.1) is 5.92 Å². The molecule has 3 heterocycles. The first-order valence-electron chi connectivity index (χ1n) is 7.13. The Balaban J connectivity index is 1.99. The molecule has 2 atom stereocenters. The molecule has 116 valence electrons. The number of rotatable bonds is 0. The number of halogens is 2. The van der Waals surface area contributed by atoms with Crippen LogP contribution in [0.2, 0.25) is 0 Å². The minimum atomic E-state index is -0.540. The van der Waals surface area contributed by atoms with Crippen molar-refractivity contribution in [1.29, 1.82) is 0 Å². The van der Waals surface area contributed by atoms with Crippen LogP contribution in [0.1, 0.15) is 19.8 Å². The molecule has 4 rings (SSSR count). The van der Waals surface area contributed by atoms with Crippen molar-refractivity contribution < 1.29 is 9.23 Å². The first-order chi connectivity index (χ1) is 10.6. The van der Waals surface area contributed by atoms with E-state index in [-0.39, 0.29) is 22.8 Å². The lowest BCUT2D eigenvalue weighted by Crippen LogP contribution is -2.35. The van der Waals surface area contributed by atoms with Crippen LogP contribution in [0.25, 0.3) is 0 Å². The van der Waals surface area contributed by atoms with E-state index in [4.69, 9.17) is 16.4 Å². The predicted octanol–water partition coefficient (Wildman–Crippen LogP) is 3.25. The summed E-state index contributed by atoms with van der Waals surface area (Å²) in [5.74, 6) is -0.670. The maximum Gasteiger partial charge on any atom is 0.207 e. The average molecular weight is 341 g/mol. The van der Waals surface area contributed by atoms with Gasteiger partial charge in [-0.25, -0.2) is 9.38 Å². The highest BCUT2D eigenvalue weighted by Crippen LogP contribution is 2.43. The largest absolute Gasteiger partial charge is 0.391 e. The van der Waals surface area contributed by atoms with Crippen LogP contribution < -0.4 is 0 Å². The number of aliphatic imine (C=N–C) groups is 1. The monoisotopic (exact) mass is 340 g/mol. The number of oxime groups is 1. The summed E-state index contributed by atoms with van der Waals surface area (Å²) >= 11 is 7.65. The summed E-state index contributed by atoms with van der Waals surface area (Å²) in [7, 11) is 0. The first kappa shape index (κ1) is 14.3. The van der Waals surface area contributed by atoms with E-state index < -0.39 is 5.83 Å². The molecule has 0 fully saturated rings. The van der Waals surface area contributed by atoms with Gasteiger partial charge in [-0.15, -0.1) is 5.10 Å². The van der Waals surface area contributed by atoms with Crippen LogP contribution in [-0.2, 0) is 4.84 Å². The summed E-state index contributed by atoms with van der Waals surface area (Å²) in [6.07, 6.45) is 3.51. The van der Waals surface area contributed by atoms with Crippen molar-refractivity contribution in [3.8, 4) is 0 Å². The van der Waals surface area contributed by atoms with Gasteiger partial charge in [0.15, 0.2) is 5.83 Å². The molecule has 4 aliphatic rings. The molecule has 0 bridgehead atoms. The van der Waals surface area contributed by atoms with Gasteiger partial charge in [0.1, 0.15) is 22.6 Å². The van der Waals surface area contributed by atoms with Gasteiger partial charge in [0.2, 0.25) is 5.17 Å². The van der Waals surface area contributed by atoms with Gasteiger partial charge in [-0.1, -0.05) is 28.5 Å². The first-order valence-corrected chi connectivity index (χ1v) is 8.74. The summed E-state index contributed by atoms with van der Waals surface area (Å²) in [6.45, 7) is 2.68. The van der Waals surface area contributed by atoms with Gasteiger partial charge in [-0.2, -0.15) is 0 Å². The van der Waals surface area contributed by atoms with E-state index in [2.05, 4.69) is 15.2 Å². The van der Waals surface area contributed by atoms with Crippen molar-refractivity contribution in [2.24, 2.45) is 21.2 Å². The van der Waals surface area contributed by atoms with E-state index in [0.717, 1.165) is 30.7 Å². The zero-order valence-corrected chi connectivity index (χ0v) is 13.7. The Labute approximate surface area is 136 Å². The fraction of sp³-hybridized carbons (Fsp3) is 0.500. The fourth-order valence-electron chi connectivity index (χ4n) is 3.33. The van der Waals surface area contributed by atoms with Crippen molar-refractivity contribution in [3.05, 3.63) is 22.1 Å². The molecule has 0 aromatic heterocycles. The number of allylic oxidation sites excluding steroid dienone is 2. The second-order valence-corrected chi connectivity index (χ2v) is 6.69. The molecule has 0 saturated carbocycles. The predicted molar refractivity (Wildman–Crippen MR) is 86.8 cm³/mol. The third-order valence-electron chi connectivity index (χ3n) is 4.28. The molecule has 0 amide bonds. The Morgan fingerprint density at radius 3 is 3.05 bits per heavy atom. The van der Waals surface area contributed by atoms with Crippen molar-refractivity contribution in [2.45, 2.75) is 25.9 Å². The molecule has 0 N–H and O–H groups in total. The van der Waals surface area contributed by atoms with Gasteiger partial charge >= 0.3 is 0 Å². The standard InChI is InChI=1S/C14H14ClFN4OS/c1-6-8-7-4-3-5-20-13(7)12(17-14(18-20)22-2)10(16)9(15)11(8)19-21-6/h6,8H,3-5H2,1-2H3/t6?,8-/m0/s1. The lowest BCUT2D eigenvalue weighted by molar-refractivity contribution is 0.0812. The molecule has 8 heteroatoms. The maximum atomic E-state index is 14.9. The fourth-order valence-corrected chi connectivity index (χ4v) is 3.93. The van der Waals surface area contributed by atoms with Crippen LogP contribution >= 0.6 is 23.4 Å². The number of thioether (sulfide) groups is 1. The number of amidine groups is 1. The van der Waals surface area contributed by atoms with E-state index >= 15 is 0 Å². The van der Waals surface area contributed by atoms with E-state index in [1.165, 1.54) is 11.8 Å². The second-order valence-electron chi connectivity index (χ2n) is 5.54. The molecule has 0 saturated heterocycles. The minimum absolute atomic E-state index is 0.00445. The van der Waals surface area contributed by atoms with Crippen LogP contribution in [0.3, 0.4) is 0 Å². The lowest BCUT2D eigenvalue weighted by atomic mass is 9.84. The van der Waals surface area contributed by atoms with Gasteiger partial charge in [0.25, 0.3) is 0 Å². The summed E-state index contributed by atoms with van der Waals surface area (Å²) in [4.78, 5) is 9.72. The molecule has 0 aromatic rings. The maximum absolute atomic E-state index is 14.9. The van der Waals surface area contributed by atoms with E-state index in [1.54, 1.807) is 0 Å². The number of hydrogen-bond donors (Lipinski definition) is 0. The smallest absolute Gasteiger partial charge is 0.207 e. The third-order valence-corrected chi connectivity index (χ3v) is 5.18. The Kier molecular flexibility index (Phi) is 3.30. The van der Waals surface area contributed by atoms with Crippen LogP contribution in [0.5, 0.6) is 0 Å². The van der Waals surface area contributed by atoms with Crippen LogP contribution in [0.4, 0.5) is 4.39 Å². The van der Waals surface area contributed by atoms with Gasteiger partial charge in [-0.05, 0) is 31.6 Å². The van der Waals surface area contributed by atoms with Crippen LogP contribution in [0.15, 0.2) is 37.4 Å². The molecular weight excluding hydrogens is 327 g/mol. The SMILES string of the molecule is CSC1=NN2CCCC3=C2C(=N1)C(F)=C(Cl)C1=NOC(C)[C@H]13. The number of hydrogen-bond acceptors (Lipinski definition) is 6. The molecular formula is C14H14ClFN4OS. The zero-order valence-electron chi connectivity index (χ0n) is 12.1. The Bertz CT molecular complexity index is 712. The summed E-state index contributed by atoms with van der Waals surface area (Å²) < 4.78 is 14.9. The molecule has 1 unspecified atom stereocenters. The zero-order chi connectivity index (χ0) is 15.4. The third kappa shape index (κ3) is 1.88. The minimum Gasteiger partial charge on any atom is -0.391 e. The quantitative estimate of drug-likeness (QED) is 0.680. The lowest BCUT2D eigenvalue weighted by Gasteiger charge is -2.34. The van der Waals surface area contributed by atoms with Crippen molar-refractivity contribution in [1.82, 2.24) is 5.01 Å². The number of nitrogens with zero attached hydrogens (tertiary/aromatic N) is 4. The van der Waals surface area contributed by atoms with E-state index in [0.29, 0.717) is 10.9 Å². The Hall–Kier alpha value is -1.34. The summed E-state index contributed by atoms with van der Waals surface area (Å²) in [5.41, 5.74) is 2.57. The van der Waals surface area contributed by atoms with E-state index in [1.807, 2.05) is 18.2 Å². The topological polar surface area (TPSA) is 49.5 Å². The average Bonchev–Trinajstić information content (AvgIpc) is 2.89. The molecule has 0 radical (unpaired) electrons. The molecule has 1 aliphatic carbocycles. The molecule has 22 heavy (non-hydrogen) atoms. The van der Waals surface area contributed by atoms with Gasteiger partial charge < -0.3 is 4.84 Å². The summed E-state index contributed by atoms with van der Waals surface area (Å²) in [6, 6.07) is 0. The Morgan fingerprint density at radius 2 is 2.27 bits per heavy atom. The highest BCUT2D eigenvalue weighted by molar-refractivity contribution is 8.13. The normalized spacial score (nSPS) is 30.2. The van der Waals surface area contributed by atoms with Gasteiger partial charge in [0.05, 0.1) is 11.6 Å². The molecule has 3 aliphatic heterocycles. The number of fused-ring (bicyclic) bond motifs is 2. The van der Waals surface area contributed by atoms with Crippen molar-refractivity contribution in [3.63, 3.8) is 0 Å². The molecule has 0 aromatic carbocycles. The van der Waals surface area contributed by atoms with Gasteiger partial charge in [-0.3, -0.25) is 5.01 Å². The van der Waals surface area contributed by atoms with Crippen molar-refractivity contribution in [2.75, 3.05) is 12.8 Å². The molecule has 0 spiro atoms. The van der Waals surface area contributed by atoms with Crippen molar-refractivity contribution >= 4 is 40.0 Å². The highest BCUT2D eigenvalue weighted by atomic mass is 35.5. The Morgan fingerprint density at radius 1 is 1.45 bits per heavy atom. The van der Waals surface area contributed by atoms with E-state index in [9.17, 15) is 4.39 Å². The highest BCUT2D eigenvalue weighted by Gasteiger charge is 2.45. The summed E-state index contributed by atoms with van der Waals surface area (Å²) in [5, 5.41) is 10.9.